The molecule has 2 aliphatic rings. The van der Waals surface area contributed by atoms with Gasteiger partial charge in [-0.3, -0.25) is 14.4 Å². The Bertz CT molecular complexity index is 935. The van der Waals surface area contributed by atoms with E-state index >= 15 is 0 Å². The first kappa shape index (κ1) is 20.1. The Morgan fingerprint density at radius 2 is 1.60 bits per heavy atom. The summed E-state index contributed by atoms with van der Waals surface area (Å²) in [5.41, 5.74) is 2.00. The Labute approximate surface area is 174 Å². The van der Waals surface area contributed by atoms with Crippen LogP contribution in [0.15, 0.2) is 48.5 Å². The smallest absolute Gasteiger partial charge is 0.253 e. The fourth-order valence-electron chi connectivity index (χ4n) is 4.01. The van der Waals surface area contributed by atoms with Gasteiger partial charge < -0.3 is 15.1 Å². The highest BCUT2D eigenvalue weighted by Crippen LogP contribution is 2.25. The minimum atomic E-state index is -0.373. The van der Waals surface area contributed by atoms with Crippen molar-refractivity contribution >= 4 is 29.1 Å². The molecule has 0 spiro atoms. The molecule has 2 aromatic rings. The molecule has 2 fully saturated rings. The van der Waals surface area contributed by atoms with Crippen molar-refractivity contribution in [2.75, 3.05) is 29.9 Å². The number of carbonyl (C=O) groups is 3. The molecule has 2 saturated heterocycles. The van der Waals surface area contributed by atoms with Gasteiger partial charge in [0.15, 0.2) is 0 Å². The van der Waals surface area contributed by atoms with Crippen LogP contribution in [0.3, 0.4) is 0 Å². The average molecular weight is 409 g/mol. The summed E-state index contributed by atoms with van der Waals surface area (Å²) in [5.74, 6) is -0.604. The molecule has 0 radical (unpaired) electrons. The molecule has 2 aromatic carbocycles. The number of nitrogens with one attached hydrogen (secondary N) is 1. The first-order chi connectivity index (χ1) is 14.5. The van der Waals surface area contributed by atoms with Crippen molar-refractivity contribution in [1.29, 1.82) is 0 Å². The molecule has 0 bridgehead atoms. The molecule has 2 heterocycles. The second-order valence-corrected chi connectivity index (χ2v) is 7.76. The first-order valence-electron chi connectivity index (χ1n) is 10.3. The van der Waals surface area contributed by atoms with Crippen molar-refractivity contribution < 1.29 is 18.8 Å². The average Bonchev–Trinajstić information content (AvgIpc) is 3.20. The number of anilines is 2. The molecule has 30 heavy (non-hydrogen) atoms. The summed E-state index contributed by atoms with van der Waals surface area (Å²) in [6, 6.07) is 12.8. The summed E-state index contributed by atoms with van der Waals surface area (Å²) in [6.07, 6.45) is 2.62. The van der Waals surface area contributed by atoms with E-state index in [-0.39, 0.29) is 29.5 Å². The van der Waals surface area contributed by atoms with Crippen molar-refractivity contribution in [3.05, 3.63) is 59.9 Å². The van der Waals surface area contributed by atoms with E-state index in [1.54, 1.807) is 9.80 Å². The number of amides is 3. The zero-order valence-corrected chi connectivity index (χ0v) is 16.6. The van der Waals surface area contributed by atoms with E-state index < -0.39 is 0 Å². The van der Waals surface area contributed by atoms with Gasteiger partial charge in [0.2, 0.25) is 11.8 Å². The van der Waals surface area contributed by atoms with Crippen LogP contribution < -0.4 is 10.2 Å². The van der Waals surface area contributed by atoms with E-state index in [2.05, 4.69) is 5.32 Å². The Morgan fingerprint density at radius 3 is 2.20 bits per heavy atom. The first-order valence-corrected chi connectivity index (χ1v) is 10.3. The Kier molecular flexibility index (Phi) is 5.79. The molecule has 0 aliphatic carbocycles. The summed E-state index contributed by atoms with van der Waals surface area (Å²) in [5, 5.41) is 2.94. The lowest BCUT2D eigenvalue weighted by Crippen LogP contribution is -2.41. The molecule has 0 aromatic heterocycles. The molecule has 156 valence electrons. The van der Waals surface area contributed by atoms with Gasteiger partial charge in [0, 0.05) is 48.9 Å². The number of hydrogen-bond acceptors (Lipinski definition) is 3. The summed E-state index contributed by atoms with van der Waals surface area (Å²) in [4.78, 5) is 40.4. The summed E-state index contributed by atoms with van der Waals surface area (Å²) in [7, 11) is 0. The van der Waals surface area contributed by atoms with Gasteiger partial charge in [-0.05, 0) is 67.8 Å². The zero-order chi connectivity index (χ0) is 21.1. The monoisotopic (exact) mass is 409 g/mol. The highest BCUT2D eigenvalue weighted by Gasteiger charge is 2.28. The van der Waals surface area contributed by atoms with E-state index in [1.165, 1.54) is 24.3 Å². The number of benzene rings is 2. The van der Waals surface area contributed by atoms with Gasteiger partial charge in [-0.25, -0.2) is 4.39 Å². The van der Waals surface area contributed by atoms with Crippen LogP contribution in [0.5, 0.6) is 0 Å². The van der Waals surface area contributed by atoms with Crippen LogP contribution in [0.4, 0.5) is 15.8 Å². The highest BCUT2D eigenvalue weighted by molar-refractivity contribution is 5.97. The minimum Gasteiger partial charge on any atom is -0.339 e. The van der Waals surface area contributed by atoms with Gasteiger partial charge in [0.25, 0.3) is 5.91 Å². The molecule has 0 saturated carbocycles. The normalized spacial score (nSPS) is 17.3. The predicted octanol–water partition coefficient (Wildman–Crippen LogP) is 3.44. The zero-order valence-electron chi connectivity index (χ0n) is 16.6. The molecule has 3 amide bonds. The van der Waals surface area contributed by atoms with Crippen LogP contribution in [0.2, 0.25) is 0 Å². The van der Waals surface area contributed by atoms with Gasteiger partial charge in [0.1, 0.15) is 5.82 Å². The molecule has 0 atom stereocenters. The van der Waals surface area contributed by atoms with Gasteiger partial charge in [0.05, 0.1) is 0 Å². The molecule has 7 heteroatoms. The number of likely N-dealkylation sites (tertiary alicyclic amines) is 1. The van der Waals surface area contributed by atoms with Crippen molar-refractivity contribution in [2.24, 2.45) is 5.92 Å². The lowest BCUT2D eigenvalue weighted by Gasteiger charge is -2.31. The van der Waals surface area contributed by atoms with Crippen molar-refractivity contribution in [2.45, 2.75) is 25.7 Å². The number of hydrogen-bond donors (Lipinski definition) is 1. The molecule has 1 N–H and O–H groups in total. The minimum absolute atomic E-state index is 0.0612. The molecule has 2 aliphatic heterocycles. The molecular formula is C23H24FN3O3. The molecule has 4 rings (SSSR count). The van der Waals surface area contributed by atoms with Crippen LogP contribution in [0.25, 0.3) is 0 Å². The second kappa shape index (κ2) is 8.65. The fourth-order valence-corrected chi connectivity index (χ4v) is 4.01. The van der Waals surface area contributed by atoms with Gasteiger partial charge in [-0.2, -0.15) is 0 Å². The van der Waals surface area contributed by atoms with E-state index in [4.69, 9.17) is 0 Å². The van der Waals surface area contributed by atoms with Gasteiger partial charge >= 0.3 is 0 Å². The molecular weight excluding hydrogens is 385 g/mol. The third-order valence-corrected chi connectivity index (χ3v) is 5.76. The highest BCUT2D eigenvalue weighted by atomic mass is 19.1. The van der Waals surface area contributed by atoms with Crippen LogP contribution in [0, 0.1) is 11.7 Å². The summed E-state index contributed by atoms with van der Waals surface area (Å²) >= 11 is 0. The summed E-state index contributed by atoms with van der Waals surface area (Å²) < 4.78 is 13.0. The number of rotatable bonds is 4. The van der Waals surface area contributed by atoms with E-state index in [9.17, 15) is 18.8 Å². The lowest BCUT2D eigenvalue weighted by atomic mass is 9.95. The maximum absolute atomic E-state index is 13.0. The van der Waals surface area contributed by atoms with E-state index in [0.29, 0.717) is 43.6 Å². The SMILES string of the molecule is O=C(Nc1ccc(N2CCCC2=O)cc1)C1CCN(C(=O)c2ccc(F)cc2)CC1. The largest absolute Gasteiger partial charge is 0.339 e. The Balaban J connectivity index is 1.29. The third-order valence-electron chi connectivity index (χ3n) is 5.76. The van der Waals surface area contributed by atoms with Crippen LogP contribution >= 0.6 is 0 Å². The van der Waals surface area contributed by atoms with Crippen molar-refractivity contribution in [3.63, 3.8) is 0 Å². The molecule has 0 unspecified atom stereocenters. The maximum atomic E-state index is 13.0. The second-order valence-electron chi connectivity index (χ2n) is 7.76. The Hall–Kier alpha value is -3.22. The standard InChI is InChI=1S/C23H24FN3O3/c24-18-5-3-17(4-6-18)23(30)26-14-11-16(12-15-26)22(29)25-19-7-9-20(10-8-19)27-13-1-2-21(27)28/h3-10,16H,1-2,11-15H2,(H,25,29). The van der Waals surface area contributed by atoms with E-state index in [0.717, 1.165) is 18.7 Å². The lowest BCUT2D eigenvalue weighted by molar-refractivity contribution is -0.121. The molecule has 6 nitrogen and oxygen atoms in total. The topological polar surface area (TPSA) is 69.7 Å². The van der Waals surface area contributed by atoms with Crippen molar-refractivity contribution in [3.8, 4) is 0 Å². The quantitative estimate of drug-likeness (QED) is 0.841. The summed E-state index contributed by atoms with van der Waals surface area (Å²) in [6.45, 7) is 1.72. The Morgan fingerprint density at radius 1 is 0.933 bits per heavy atom. The maximum Gasteiger partial charge on any atom is 0.253 e. The number of carbonyl (C=O) groups excluding carboxylic acids is 3. The van der Waals surface area contributed by atoms with Gasteiger partial charge in [-0.15, -0.1) is 0 Å². The third kappa shape index (κ3) is 4.35. The predicted molar refractivity (Wildman–Crippen MR) is 112 cm³/mol. The number of piperidine rings is 1. The van der Waals surface area contributed by atoms with Crippen molar-refractivity contribution in [1.82, 2.24) is 4.90 Å². The van der Waals surface area contributed by atoms with Crippen LogP contribution in [-0.2, 0) is 9.59 Å². The van der Waals surface area contributed by atoms with Crippen LogP contribution in [0.1, 0.15) is 36.0 Å². The van der Waals surface area contributed by atoms with Crippen LogP contribution in [-0.4, -0.2) is 42.3 Å². The number of nitrogens with zero attached hydrogens (tertiary/aromatic N) is 2. The van der Waals surface area contributed by atoms with Gasteiger partial charge in [-0.1, -0.05) is 0 Å². The van der Waals surface area contributed by atoms with E-state index in [1.807, 2.05) is 24.3 Å². The number of halogens is 1. The fraction of sp³-hybridized carbons (Fsp3) is 0.348.